The lowest BCUT2D eigenvalue weighted by atomic mass is 10.1. The van der Waals surface area contributed by atoms with Crippen molar-refractivity contribution in [3.8, 4) is 0 Å². The van der Waals surface area contributed by atoms with Gasteiger partial charge in [0.1, 0.15) is 0 Å². The molecule has 0 unspecified atom stereocenters. The molecule has 2 aromatic rings. The second-order valence-electron chi connectivity index (χ2n) is 5.20. The van der Waals surface area contributed by atoms with E-state index >= 15 is 0 Å². The van der Waals surface area contributed by atoms with E-state index < -0.39 is 7.92 Å². The predicted octanol–water partition coefficient (Wildman–Crippen LogP) is 3.71. The Morgan fingerprint density at radius 2 is 1.43 bits per heavy atom. The molecule has 2 aromatic carbocycles. The van der Waals surface area contributed by atoms with Crippen LogP contribution in [0, 0.1) is 0 Å². The summed E-state index contributed by atoms with van der Waals surface area (Å²) in [5, 5.41) is 14.0. The third kappa shape index (κ3) is 3.00. The van der Waals surface area contributed by atoms with E-state index in [4.69, 9.17) is 0 Å². The summed E-state index contributed by atoms with van der Waals surface area (Å²) in [5.41, 5.74) is 1.16. The molecule has 0 amide bonds. The monoisotopic (exact) mass is 294 g/mol. The molecule has 0 saturated heterocycles. The van der Waals surface area contributed by atoms with Gasteiger partial charge in [-0.2, -0.15) is 0 Å². The van der Waals surface area contributed by atoms with Crippen LogP contribution in [0.2, 0.25) is 0 Å². The summed E-state index contributed by atoms with van der Waals surface area (Å²) in [7, 11) is -0.591. The van der Waals surface area contributed by atoms with Crippen molar-refractivity contribution >= 4 is 18.5 Å². The Hall–Kier alpha value is -1.69. The zero-order valence-corrected chi connectivity index (χ0v) is 13.0. The molecule has 1 aliphatic carbocycles. The Kier molecular flexibility index (Phi) is 4.34. The van der Waals surface area contributed by atoms with E-state index in [2.05, 4.69) is 72.8 Å². The van der Waals surface area contributed by atoms with Crippen LogP contribution in [0.5, 0.6) is 0 Å². The van der Waals surface area contributed by atoms with Crippen LogP contribution < -0.4 is 10.6 Å². The summed E-state index contributed by atoms with van der Waals surface area (Å²) in [6, 6.07) is 21.2. The molecule has 0 radical (unpaired) electrons. The van der Waals surface area contributed by atoms with E-state index in [9.17, 15) is 5.11 Å². The summed E-state index contributed by atoms with van der Waals surface area (Å²) in [6.45, 7) is 1.87. The van der Waals surface area contributed by atoms with Crippen LogP contribution >= 0.6 is 7.92 Å². The molecule has 0 aromatic heterocycles. The summed E-state index contributed by atoms with van der Waals surface area (Å²) in [5.74, 6) is 0. The lowest BCUT2D eigenvalue weighted by Crippen LogP contribution is -2.14. The largest absolute Gasteiger partial charge is 0.389 e. The Morgan fingerprint density at radius 1 is 0.905 bits per heavy atom. The third-order valence-corrected chi connectivity index (χ3v) is 6.26. The second-order valence-corrected chi connectivity index (χ2v) is 7.38. The Bertz CT molecular complexity index is 617. The van der Waals surface area contributed by atoms with Gasteiger partial charge >= 0.3 is 0 Å². The van der Waals surface area contributed by atoms with Gasteiger partial charge in [0.25, 0.3) is 0 Å². The van der Waals surface area contributed by atoms with Gasteiger partial charge in [0.05, 0.1) is 6.10 Å². The molecule has 1 aliphatic rings. The number of benzene rings is 2. The standard InChI is InChI=1S/C19H19OP/c1-15(20)18-13-8-14-19(18)21(16-9-4-2-5-10-16)17-11-6-3-7-12-17/h2-12,14-15,20H,13H2,1H3/t15-/m1/s1. The second kappa shape index (κ2) is 6.39. The number of hydrogen-bond donors (Lipinski definition) is 1. The van der Waals surface area contributed by atoms with E-state index in [0.29, 0.717) is 0 Å². The predicted molar refractivity (Wildman–Crippen MR) is 91.5 cm³/mol. The number of allylic oxidation sites excluding steroid dienone is 3. The first-order valence-corrected chi connectivity index (χ1v) is 8.59. The van der Waals surface area contributed by atoms with E-state index in [1.165, 1.54) is 15.9 Å². The molecule has 0 heterocycles. The van der Waals surface area contributed by atoms with E-state index in [-0.39, 0.29) is 6.10 Å². The van der Waals surface area contributed by atoms with Gasteiger partial charge in [0.15, 0.2) is 0 Å². The molecular weight excluding hydrogens is 275 g/mol. The highest BCUT2D eigenvalue weighted by Gasteiger charge is 2.24. The van der Waals surface area contributed by atoms with Crippen molar-refractivity contribution in [3.63, 3.8) is 0 Å². The summed E-state index contributed by atoms with van der Waals surface area (Å²) >= 11 is 0. The van der Waals surface area contributed by atoms with Gasteiger partial charge in [0.2, 0.25) is 0 Å². The maximum Gasteiger partial charge on any atom is 0.0734 e. The molecule has 1 atom stereocenters. The number of aliphatic hydroxyl groups is 1. The molecule has 21 heavy (non-hydrogen) atoms. The quantitative estimate of drug-likeness (QED) is 0.852. The van der Waals surface area contributed by atoms with Crippen molar-refractivity contribution in [1.82, 2.24) is 0 Å². The summed E-state index contributed by atoms with van der Waals surface area (Å²) < 4.78 is 0. The van der Waals surface area contributed by atoms with Crippen LogP contribution in [0.3, 0.4) is 0 Å². The Labute approximate surface area is 127 Å². The SMILES string of the molecule is C[C@@H](O)C1=C(P(c2ccccc2)c2ccccc2)C=CC1. The fourth-order valence-electron chi connectivity index (χ4n) is 2.69. The zero-order valence-electron chi connectivity index (χ0n) is 12.1. The molecule has 1 nitrogen and oxygen atoms in total. The minimum Gasteiger partial charge on any atom is -0.389 e. The van der Waals surface area contributed by atoms with E-state index in [1.807, 2.05) is 6.92 Å². The van der Waals surface area contributed by atoms with Gasteiger partial charge in [-0.25, -0.2) is 0 Å². The van der Waals surface area contributed by atoms with Gasteiger partial charge in [0, 0.05) is 0 Å². The van der Waals surface area contributed by atoms with Crippen LogP contribution in [-0.2, 0) is 0 Å². The molecule has 0 fully saturated rings. The smallest absolute Gasteiger partial charge is 0.0734 e. The summed E-state index contributed by atoms with van der Waals surface area (Å²) in [6.07, 6.45) is 4.85. The van der Waals surface area contributed by atoms with E-state index in [0.717, 1.165) is 12.0 Å². The average molecular weight is 294 g/mol. The molecule has 0 saturated carbocycles. The normalized spacial score (nSPS) is 15.8. The van der Waals surface area contributed by atoms with Crippen molar-refractivity contribution in [2.24, 2.45) is 0 Å². The highest BCUT2D eigenvalue weighted by molar-refractivity contribution is 7.77. The van der Waals surface area contributed by atoms with Crippen molar-refractivity contribution < 1.29 is 5.11 Å². The van der Waals surface area contributed by atoms with Crippen LogP contribution in [0.25, 0.3) is 0 Å². The average Bonchev–Trinajstić information content (AvgIpc) is 2.99. The van der Waals surface area contributed by atoms with Crippen LogP contribution in [0.4, 0.5) is 0 Å². The van der Waals surface area contributed by atoms with Crippen LogP contribution in [-0.4, -0.2) is 11.2 Å². The number of hydrogen-bond acceptors (Lipinski definition) is 1. The topological polar surface area (TPSA) is 20.2 Å². The van der Waals surface area contributed by atoms with Gasteiger partial charge in [-0.05, 0) is 42.8 Å². The van der Waals surface area contributed by atoms with E-state index in [1.54, 1.807) is 0 Å². The van der Waals surface area contributed by atoms with Gasteiger partial charge in [-0.1, -0.05) is 72.8 Å². The van der Waals surface area contributed by atoms with Crippen LogP contribution in [0.15, 0.2) is 83.7 Å². The van der Waals surface area contributed by atoms with Crippen molar-refractivity contribution in [3.05, 3.63) is 83.7 Å². The van der Waals surface area contributed by atoms with Gasteiger partial charge in [-0.15, -0.1) is 0 Å². The zero-order chi connectivity index (χ0) is 14.7. The fraction of sp³-hybridized carbons (Fsp3) is 0.158. The lowest BCUT2D eigenvalue weighted by molar-refractivity contribution is 0.229. The first kappa shape index (κ1) is 14.3. The number of rotatable bonds is 4. The van der Waals surface area contributed by atoms with Gasteiger partial charge < -0.3 is 5.11 Å². The Balaban J connectivity index is 2.14. The third-order valence-electron chi connectivity index (χ3n) is 3.72. The molecular formula is C19H19OP. The minimum atomic E-state index is -0.591. The fourth-order valence-corrected chi connectivity index (χ4v) is 5.31. The number of aliphatic hydroxyl groups excluding tert-OH is 1. The molecule has 2 heteroatoms. The highest BCUT2D eigenvalue weighted by Crippen LogP contribution is 2.48. The molecule has 106 valence electrons. The Morgan fingerprint density at radius 3 is 1.90 bits per heavy atom. The molecule has 1 N–H and O–H groups in total. The molecule has 3 rings (SSSR count). The maximum atomic E-state index is 10.1. The first-order chi connectivity index (χ1) is 10.3. The van der Waals surface area contributed by atoms with Crippen LogP contribution in [0.1, 0.15) is 13.3 Å². The van der Waals surface area contributed by atoms with Crippen molar-refractivity contribution in [2.75, 3.05) is 0 Å². The molecule has 0 bridgehead atoms. The highest BCUT2D eigenvalue weighted by atomic mass is 31.1. The lowest BCUT2D eigenvalue weighted by Gasteiger charge is -2.22. The minimum absolute atomic E-state index is 0.382. The first-order valence-electron chi connectivity index (χ1n) is 7.25. The summed E-state index contributed by atoms with van der Waals surface area (Å²) in [4.78, 5) is 0. The van der Waals surface area contributed by atoms with Crippen molar-refractivity contribution in [1.29, 1.82) is 0 Å². The van der Waals surface area contributed by atoms with Gasteiger partial charge in [-0.3, -0.25) is 0 Å². The molecule has 0 spiro atoms. The maximum absolute atomic E-state index is 10.1. The molecule has 0 aliphatic heterocycles. The van der Waals surface area contributed by atoms with Crippen molar-refractivity contribution in [2.45, 2.75) is 19.4 Å².